The van der Waals surface area contributed by atoms with E-state index < -0.39 is 0 Å². The van der Waals surface area contributed by atoms with Crippen LogP contribution >= 0.6 is 0 Å². The van der Waals surface area contributed by atoms with Gasteiger partial charge in [-0.15, -0.1) is 0 Å². The van der Waals surface area contributed by atoms with E-state index in [9.17, 15) is 10.2 Å². The fourth-order valence-corrected chi connectivity index (χ4v) is 11.9. The Kier molecular flexibility index (Phi) is 11.6. The van der Waals surface area contributed by atoms with Gasteiger partial charge in [0.25, 0.3) is 0 Å². The third-order valence-corrected chi connectivity index (χ3v) is 14.7. The second-order valence-electron chi connectivity index (χ2n) is 19.4. The molecule has 10 rings (SSSR count). The Morgan fingerprint density at radius 2 is 0.730 bits per heavy atom. The second kappa shape index (κ2) is 17.6. The maximum atomic E-state index is 12.3. The van der Waals surface area contributed by atoms with E-state index in [-0.39, 0.29) is 12.2 Å². The first-order valence-electron chi connectivity index (χ1n) is 24.2. The summed E-state index contributed by atoms with van der Waals surface area (Å²) in [4.78, 5) is 0. The minimum Gasteiger partial charge on any atom is -0.507 e. The average molecular weight is 837 g/mol. The molecule has 4 aliphatic carbocycles. The number of hydrogen-bond donors (Lipinski definition) is 2. The highest BCUT2D eigenvalue weighted by Crippen LogP contribution is 2.50. The predicted octanol–water partition coefficient (Wildman–Crippen LogP) is 14.5. The van der Waals surface area contributed by atoms with Crippen molar-refractivity contribution >= 4 is 0 Å². The van der Waals surface area contributed by atoms with Crippen LogP contribution in [0.3, 0.4) is 0 Å². The van der Waals surface area contributed by atoms with Crippen molar-refractivity contribution in [2.45, 2.75) is 149 Å². The number of rotatable bonds is 10. The zero-order chi connectivity index (χ0) is 43.2. The lowest BCUT2D eigenvalue weighted by Crippen LogP contribution is -2.23. The van der Waals surface area contributed by atoms with Crippen LogP contribution in [0, 0.1) is 13.8 Å². The minimum atomic E-state index is -0.178. The van der Waals surface area contributed by atoms with E-state index in [2.05, 4.69) is 76.2 Å². The Hall–Kier alpha value is -5.48. The van der Waals surface area contributed by atoms with Crippen molar-refractivity contribution in [3.05, 3.63) is 141 Å². The molecule has 0 heterocycles. The van der Waals surface area contributed by atoms with Crippen molar-refractivity contribution in [1.82, 2.24) is 0 Å². The summed E-state index contributed by atoms with van der Waals surface area (Å²) in [5.41, 5.74) is 22.0. The first kappa shape index (κ1) is 41.5. The Morgan fingerprint density at radius 1 is 0.413 bits per heavy atom. The summed E-state index contributed by atoms with van der Waals surface area (Å²) in [6.07, 6.45) is 18.9. The van der Waals surface area contributed by atoms with Crippen LogP contribution in [0.4, 0.5) is 0 Å². The van der Waals surface area contributed by atoms with Crippen LogP contribution in [-0.4, -0.2) is 22.4 Å². The smallest absolute Gasteiger partial charge is 0.131 e. The standard InChI is InChI=1S/C59H64O4/c1-36-29-50(58(60)52(31-36)56-44-21-9-5-17-40(44)34-41-18-6-10-22-45(41)56)48-25-13-15-27-54(48)62-38(3)33-39(4)63-55-28-16-14-26-49(55)51-30-37(2)32-53(59(51)61)57-46-23-11-7-19-42(46)35-43-20-8-12-24-47(43)57/h13-16,25-32,34-35,38-39,60-61H,5-12,17-24,33H2,1-4H3/t38-,39-/m0/s1. The molecular formula is C59H64O4. The molecule has 0 unspecified atom stereocenters. The molecule has 0 fully saturated rings. The summed E-state index contributed by atoms with van der Waals surface area (Å²) >= 11 is 0. The van der Waals surface area contributed by atoms with Gasteiger partial charge >= 0.3 is 0 Å². The lowest BCUT2D eigenvalue weighted by molar-refractivity contribution is 0.131. The van der Waals surface area contributed by atoms with Gasteiger partial charge in [-0.1, -0.05) is 48.5 Å². The van der Waals surface area contributed by atoms with E-state index in [1.807, 2.05) is 36.4 Å². The topological polar surface area (TPSA) is 58.9 Å². The normalized spacial score (nSPS) is 16.6. The Labute approximate surface area is 375 Å². The van der Waals surface area contributed by atoms with Crippen LogP contribution in [-0.2, 0) is 51.4 Å². The van der Waals surface area contributed by atoms with Crippen LogP contribution in [0.1, 0.15) is 127 Å². The molecule has 4 aliphatic rings. The van der Waals surface area contributed by atoms with Crippen molar-refractivity contribution in [3.8, 4) is 67.5 Å². The lowest BCUT2D eigenvalue weighted by Gasteiger charge is -2.29. The highest BCUT2D eigenvalue weighted by Gasteiger charge is 2.29. The summed E-state index contributed by atoms with van der Waals surface area (Å²) < 4.78 is 13.6. The number of benzene rings is 6. The lowest BCUT2D eigenvalue weighted by atomic mass is 9.76. The molecule has 0 aliphatic heterocycles. The molecule has 0 radical (unpaired) electrons. The summed E-state index contributed by atoms with van der Waals surface area (Å²) in [6, 6.07) is 30.0. The van der Waals surface area contributed by atoms with Gasteiger partial charge in [0.2, 0.25) is 0 Å². The first-order chi connectivity index (χ1) is 30.7. The molecule has 6 aromatic carbocycles. The molecule has 4 heteroatoms. The molecule has 6 aromatic rings. The van der Waals surface area contributed by atoms with Crippen LogP contribution in [0.2, 0.25) is 0 Å². The van der Waals surface area contributed by atoms with Crippen molar-refractivity contribution in [2.24, 2.45) is 0 Å². The van der Waals surface area contributed by atoms with E-state index in [1.54, 1.807) is 0 Å². The molecule has 2 N–H and O–H groups in total. The van der Waals surface area contributed by atoms with Crippen molar-refractivity contribution < 1.29 is 19.7 Å². The van der Waals surface area contributed by atoms with E-state index >= 15 is 0 Å². The highest BCUT2D eigenvalue weighted by atomic mass is 16.5. The van der Waals surface area contributed by atoms with Crippen LogP contribution in [0.25, 0.3) is 44.5 Å². The van der Waals surface area contributed by atoms with Gasteiger partial charge in [-0.25, -0.2) is 0 Å². The van der Waals surface area contributed by atoms with Gasteiger partial charge in [0, 0.05) is 39.8 Å². The number of phenolic OH excluding ortho intramolecular Hbond substituents is 2. The van der Waals surface area contributed by atoms with E-state index in [4.69, 9.17) is 9.47 Å². The van der Waals surface area contributed by atoms with Crippen molar-refractivity contribution in [1.29, 1.82) is 0 Å². The zero-order valence-electron chi connectivity index (χ0n) is 38.0. The van der Waals surface area contributed by atoms with E-state index in [0.29, 0.717) is 17.9 Å². The van der Waals surface area contributed by atoms with Crippen LogP contribution < -0.4 is 9.47 Å². The number of aromatic hydroxyl groups is 2. The van der Waals surface area contributed by atoms with Gasteiger partial charge in [-0.2, -0.15) is 0 Å². The molecule has 324 valence electrons. The number of aryl methyl sites for hydroxylation is 6. The highest BCUT2D eigenvalue weighted by molar-refractivity contribution is 5.90. The summed E-state index contributed by atoms with van der Waals surface area (Å²) in [6.45, 7) is 8.51. The third-order valence-electron chi connectivity index (χ3n) is 14.7. The SMILES string of the molecule is Cc1cc(-c2ccccc2O[C@@H](C)C[C@H](C)Oc2ccccc2-c2cc(C)cc(-c3c4c(cc5c3CCCC5)CCCC4)c2O)c(O)c(-c2c3c(cc4c2CCCC4)CCCC3)c1. The second-order valence-corrected chi connectivity index (χ2v) is 19.4. The van der Waals surface area contributed by atoms with E-state index in [1.165, 1.54) is 107 Å². The Morgan fingerprint density at radius 3 is 1.10 bits per heavy atom. The predicted molar refractivity (Wildman–Crippen MR) is 259 cm³/mol. The van der Waals surface area contributed by atoms with Gasteiger partial charge in [0.15, 0.2) is 0 Å². The molecule has 63 heavy (non-hydrogen) atoms. The average Bonchev–Trinajstić information content (AvgIpc) is 3.29. The monoisotopic (exact) mass is 836 g/mol. The van der Waals surface area contributed by atoms with Gasteiger partial charge in [0.1, 0.15) is 23.0 Å². The molecular weight excluding hydrogens is 773 g/mol. The molecule has 0 aromatic heterocycles. The number of phenols is 2. The zero-order valence-corrected chi connectivity index (χ0v) is 38.0. The van der Waals surface area contributed by atoms with Crippen LogP contribution in [0.5, 0.6) is 23.0 Å². The van der Waals surface area contributed by atoms with Gasteiger partial charge in [-0.05, 0) is 234 Å². The Bertz CT molecular complexity index is 2450. The van der Waals surface area contributed by atoms with Crippen molar-refractivity contribution in [2.75, 3.05) is 0 Å². The molecule has 2 atom stereocenters. The number of hydrogen-bond acceptors (Lipinski definition) is 4. The minimum absolute atomic E-state index is 0.178. The molecule has 0 spiro atoms. The molecule has 4 nitrogen and oxygen atoms in total. The molecule has 0 saturated heterocycles. The quantitative estimate of drug-likeness (QED) is 0.144. The maximum absolute atomic E-state index is 12.3. The largest absolute Gasteiger partial charge is 0.507 e. The summed E-state index contributed by atoms with van der Waals surface area (Å²) in [5.74, 6) is 2.20. The fourth-order valence-electron chi connectivity index (χ4n) is 11.9. The van der Waals surface area contributed by atoms with Gasteiger partial charge in [-0.3, -0.25) is 0 Å². The maximum Gasteiger partial charge on any atom is 0.131 e. The van der Waals surface area contributed by atoms with E-state index in [0.717, 1.165) is 107 Å². The van der Waals surface area contributed by atoms with Gasteiger partial charge in [0.05, 0.1) is 12.2 Å². The third kappa shape index (κ3) is 8.04. The number of ether oxygens (including phenoxy) is 2. The number of para-hydroxylation sites is 2. The first-order valence-corrected chi connectivity index (χ1v) is 24.2. The Balaban J connectivity index is 0.923. The summed E-state index contributed by atoms with van der Waals surface area (Å²) in [5, 5.41) is 24.7. The van der Waals surface area contributed by atoms with Crippen molar-refractivity contribution in [3.63, 3.8) is 0 Å². The molecule has 0 amide bonds. The number of fused-ring (bicyclic) bond motifs is 4. The van der Waals surface area contributed by atoms with Crippen LogP contribution in [0.15, 0.2) is 84.9 Å². The molecule has 0 saturated carbocycles. The fraction of sp³-hybridized carbons (Fsp3) is 0.390. The molecule has 0 bridgehead atoms. The summed E-state index contributed by atoms with van der Waals surface area (Å²) in [7, 11) is 0. The van der Waals surface area contributed by atoms with Gasteiger partial charge < -0.3 is 19.7 Å².